The van der Waals surface area contributed by atoms with Gasteiger partial charge in [-0.1, -0.05) is 0 Å². The van der Waals surface area contributed by atoms with Gasteiger partial charge in [0.2, 0.25) is 0 Å². The minimum atomic E-state index is -2.88. The average molecular weight is 319 g/mol. The Hall–Kier alpha value is -0.750. The molecule has 0 saturated carbocycles. The summed E-state index contributed by atoms with van der Waals surface area (Å²) >= 11 is 3.39. The Morgan fingerprint density at radius 1 is 1.47 bits per heavy atom. The summed E-state index contributed by atoms with van der Waals surface area (Å²) < 4.78 is 24.2. The van der Waals surface area contributed by atoms with Crippen LogP contribution >= 0.6 is 15.9 Å². The van der Waals surface area contributed by atoms with Gasteiger partial charge >= 0.3 is 0 Å². The van der Waals surface area contributed by atoms with E-state index in [0.29, 0.717) is 18.0 Å². The van der Waals surface area contributed by atoms with Crippen LogP contribution in [0.15, 0.2) is 22.7 Å². The Morgan fingerprint density at radius 2 is 2.24 bits per heavy atom. The molecule has 0 bridgehead atoms. The summed E-state index contributed by atoms with van der Waals surface area (Å²) in [6.45, 7) is 0.463. The van der Waals surface area contributed by atoms with E-state index in [1.54, 1.807) is 12.1 Å². The molecule has 3 N–H and O–H groups in total. The molecule has 1 unspecified atom stereocenters. The van der Waals surface area contributed by atoms with Crippen LogP contribution in [0, 0.1) is 0 Å². The molecule has 6 heteroatoms. The number of hydrogen-bond acceptors (Lipinski definition) is 4. The van der Waals surface area contributed by atoms with Gasteiger partial charge in [0.15, 0.2) is 9.84 Å². The van der Waals surface area contributed by atoms with Gasteiger partial charge in [-0.25, -0.2) is 8.42 Å². The Labute approximate surface area is 110 Å². The molecular formula is C11H15BrN2O2S. The molecular weight excluding hydrogens is 304 g/mol. The smallest absolute Gasteiger partial charge is 0.154 e. The first-order valence-electron chi connectivity index (χ1n) is 5.49. The second kappa shape index (κ2) is 4.86. The maximum atomic E-state index is 11.7. The van der Waals surface area contributed by atoms with Gasteiger partial charge in [-0.2, -0.15) is 0 Å². The third-order valence-corrected chi connectivity index (χ3v) is 5.91. The van der Waals surface area contributed by atoms with E-state index in [2.05, 4.69) is 21.2 Å². The number of benzene rings is 1. The van der Waals surface area contributed by atoms with Gasteiger partial charge in [-0.05, 0) is 47.0 Å². The topological polar surface area (TPSA) is 72.2 Å². The van der Waals surface area contributed by atoms with Gasteiger partial charge in [0.1, 0.15) is 0 Å². The summed E-state index contributed by atoms with van der Waals surface area (Å²) in [6.07, 6.45) is 1.53. The molecule has 2 rings (SSSR count). The van der Waals surface area contributed by atoms with Crippen molar-refractivity contribution >= 4 is 37.1 Å². The van der Waals surface area contributed by atoms with E-state index in [1.807, 2.05) is 6.07 Å². The van der Waals surface area contributed by atoms with Gasteiger partial charge in [0.05, 0.1) is 11.0 Å². The van der Waals surface area contributed by atoms with E-state index in [9.17, 15) is 8.42 Å². The summed E-state index contributed by atoms with van der Waals surface area (Å²) in [5.41, 5.74) is 7.19. The molecule has 1 aromatic rings. The van der Waals surface area contributed by atoms with Crippen molar-refractivity contribution in [1.82, 2.24) is 0 Å². The van der Waals surface area contributed by atoms with E-state index in [-0.39, 0.29) is 5.25 Å². The standard InChI is InChI=1S/C11H15BrN2O2S/c12-10-6-8(13)3-4-11(10)14-7-9-2-1-5-17(9,15)16/h3-4,6,9,14H,1-2,5,7,13H2. The van der Waals surface area contributed by atoms with Crippen molar-refractivity contribution in [3.8, 4) is 0 Å². The SMILES string of the molecule is Nc1ccc(NCC2CCCS2(=O)=O)c(Br)c1. The predicted molar refractivity (Wildman–Crippen MR) is 73.9 cm³/mol. The first-order valence-corrected chi connectivity index (χ1v) is 8.00. The van der Waals surface area contributed by atoms with Crippen LogP contribution in [0.2, 0.25) is 0 Å². The number of hydrogen-bond donors (Lipinski definition) is 2. The molecule has 1 heterocycles. The first-order chi connectivity index (χ1) is 7.99. The van der Waals surface area contributed by atoms with Crippen molar-refractivity contribution < 1.29 is 8.42 Å². The summed E-state index contributed by atoms with van der Waals surface area (Å²) in [5.74, 6) is 0.322. The van der Waals surface area contributed by atoms with E-state index in [0.717, 1.165) is 23.0 Å². The van der Waals surface area contributed by atoms with Crippen LogP contribution in [0.3, 0.4) is 0 Å². The average Bonchev–Trinajstić information content (AvgIpc) is 2.57. The molecule has 17 heavy (non-hydrogen) atoms. The first kappa shape index (κ1) is 12.7. The van der Waals surface area contributed by atoms with Crippen molar-refractivity contribution in [2.75, 3.05) is 23.3 Å². The van der Waals surface area contributed by atoms with Crippen LogP contribution in [0.5, 0.6) is 0 Å². The van der Waals surface area contributed by atoms with Crippen molar-refractivity contribution in [2.45, 2.75) is 18.1 Å². The molecule has 94 valence electrons. The zero-order chi connectivity index (χ0) is 12.5. The van der Waals surface area contributed by atoms with Crippen molar-refractivity contribution in [3.63, 3.8) is 0 Å². The van der Waals surface area contributed by atoms with E-state index in [1.165, 1.54) is 0 Å². The molecule has 1 fully saturated rings. The highest BCUT2D eigenvalue weighted by Crippen LogP contribution is 2.26. The Kier molecular flexibility index (Phi) is 3.63. The van der Waals surface area contributed by atoms with Crippen LogP contribution in [0.1, 0.15) is 12.8 Å². The summed E-state index contributed by atoms with van der Waals surface area (Å²) in [7, 11) is -2.88. The van der Waals surface area contributed by atoms with E-state index in [4.69, 9.17) is 5.73 Å². The van der Waals surface area contributed by atoms with Crippen LogP contribution in [0.4, 0.5) is 11.4 Å². The summed E-state index contributed by atoms with van der Waals surface area (Å²) in [6, 6.07) is 5.43. The lowest BCUT2D eigenvalue weighted by Gasteiger charge is -2.13. The number of nitrogens with two attached hydrogens (primary N) is 1. The minimum absolute atomic E-state index is 0.257. The third-order valence-electron chi connectivity index (χ3n) is 2.98. The lowest BCUT2D eigenvalue weighted by molar-refractivity contribution is 0.591. The lowest BCUT2D eigenvalue weighted by Crippen LogP contribution is -2.25. The van der Waals surface area contributed by atoms with Crippen molar-refractivity contribution in [1.29, 1.82) is 0 Å². The number of anilines is 2. The van der Waals surface area contributed by atoms with E-state index >= 15 is 0 Å². The molecule has 0 radical (unpaired) electrons. The Morgan fingerprint density at radius 3 is 2.82 bits per heavy atom. The highest BCUT2D eigenvalue weighted by molar-refractivity contribution is 9.10. The fraction of sp³-hybridized carbons (Fsp3) is 0.455. The molecule has 0 spiro atoms. The van der Waals surface area contributed by atoms with Gasteiger partial charge < -0.3 is 11.1 Å². The molecule has 1 atom stereocenters. The zero-order valence-corrected chi connectivity index (χ0v) is 11.7. The maximum absolute atomic E-state index is 11.7. The van der Waals surface area contributed by atoms with Crippen LogP contribution in [-0.2, 0) is 9.84 Å². The highest BCUT2D eigenvalue weighted by atomic mass is 79.9. The number of rotatable bonds is 3. The number of halogens is 1. The Balaban J connectivity index is 2.03. The van der Waals surface area contributed by atoms with E-state index < -0.39 is 9.84 Å². The fourth-order valence-corrected chi connectivity index (χ4v) is 4.29. The Bertz CT molecular complexity index is 516. The number of nitrogens with one attached hydrogen (secondary N) is 1. The minimum Gasteiger partial charge on any atom is -0.399 e. The predicted octanol–water partition coefficient (Wildman–Crippen LogP) is 2.02. The molecule has 0 aliphatic carbocycles. The van der Waals surface area contributed by atoms with Gasteiger partial charge in [0, 0.05) is 22.4 Å². The zero-order valence-electron chi connectivity index (χ0n) is 9.32. The van der Waals surface area contributed by atoms with Gasteiger partial charge in [0.25, 0.3) is 0 Å². The summed E-state index contributed by atoms with van der Waals surface area (Å²) in [5, 5.41) is 2.90. The maximum Gasteiger partial charge on any atom is 0.154 e. The molecule has 1 aromatic carbocycles. The van der Waals surface area contributed by atoms with Crippen LogP contribution in [0.25, 0.3) is 0 Å². The number of nitrogen functional groups attached to an aromatic ring is 1. The second-order valence-corrected chi connectivity index (χ2v) is 7.51. The molecule has 0 aromatic heterocycles. The largest absolute Gasteiger partial charge is 0.399 e. The molecule has 0 amide bonds. The van der Waals surface area contributed by atoms with Crippen molar-refractivity contribution in [2.24, 2.45) is 0 Å². The fourth-order valence-electron chi connectivity index (χ4n) is 1.99. The molecule has 4 nitrogen and oxygen atoms in total. The van der Waals surface area contributed by atoms with Crippen LogP contribution in [-0.4, -0.2) is 26.0 Å². The quantitative estimate of drug-likeness (QED) is 0.836. The second-order valence-electron chi connectivity index (χ2n) is 4.25. The third kappa shape index (κ3) is 2.93. The monoisotopic (exact) mass is 318 g/mol. The molecule has 1 aliphatic heterocycles. The van der Waals surface area contributed by atoms with Crippen molar-refractivity contribution in [3.05, 3.63) is 22.7 Å². The van der Waals surface area contributed by atoms with Gasteiger partial charge in [-0.15, -0.1) is 0 Å². The highest BCUT2D eigenvalue weighted by Gasteiger charge is 2.30. The lowest BCUT2D eigenvalue weighted by atomic mass is 10.2. The molecule has 1 saturated heterocycles. The van der Waals surface area contributed by atoms with Gasteiger partial charge in [-0.3, -0.25) is 0 Å². The van der Waals surface area contributed by atoms with Crippen LogP contribution < -0.4 is 11.1 Å². The number of sulfone groups is 1. The normalized spacial score (nSPS) is 22.5. The molecule has 1 aliphatic rings. The summed E-state index contributed by atoms with van der Waals surface area (Å²) in [4.78, 5) is 0.